The monoisotopic (exact) mass is 279 g/mol. The highest BCUT2D eigenvalue weighted by molar-refractivity contribution is 6.30. The molecular formula is C15H22ClN3. The van der Waals surface area contributed by atoms with Gasteiger partial charge >= 0.3 is 0 Å². The number of nitrogens with zero attached hydrogens (tertiary/aromatic N) is 2. The first kappa shape index (κ1) is 13.2. The minimum Gasteiger partial charge on any atom is -0.369 e. The van der Waals surface area contributed by atoms with E-state index in [-0.39, 0.29) is 5.54 Å². The van der Waals surface area contributed by atoms with E-state index < -0.39 is 0 Å². The number of piperazine rings is 1. The third-order valence-corrected chi connectivity index (χ3v) is 4.67. The molecule has 2 aliphatic rings. The van der Waals surface area contributed by atoms with Crippen LogP contribution in [0.2, 0.25) is 5.02 Å². The molecule has 1 aliphatic heterocycles. The van der Waals surface area contributed by atoms with E-state index in [1.807, 2.05) is 18.2 Å². The Morgan fingerprint density at radius 3 is 2.47 bits per heavy atom. The van der Waals surface area contributed by atoms with Gasteiger partial charge in [0.2, 0.25) is 0 Å². The van der Waals surface area contributed by atoms with Crippen molar-refractivity contribution in [3.8, 4) is 0 Å². The van der Waals surface area contributed by atoms with Crippen molar-refractivity contribution in [2.45, 2.75) is 24.8 Å². The second kappa shape index (κ2) is 5.31. The van der Waals surface area contributed by atoms with E-state index >= 15 is 0 Å². The van der Waals surface area contributed by atoms with Crippen LogP contribution in [0.5, 0.6) is 0 Å². The van der Waals surface area contributed by atoms with Crippen molar-refractivity contribution in [2.75, 3.05) is 37.6 Å². The molecule has 1 aliphatic carbocycles. The minimum absolute atomic E-state index is 0.109. The summed E-state index contributed by atoms with van der Waals surface area (Å²) in [7, 11) is 0. The van der Waals surface area contributed by atoms with Crippen LogP contribution in [0, 0.1) is 0 Å². The van der Waals surface area contributed by atoms with E-state index in [9.17, 15) is 0 Å². The minimum atomic E-state index is 0.109. The van der Waals surface area contributed by atoms with Crippen molar-refractivity contribution in [3.05, 3.63) is 29.3 Å². The Balaban J connectivity index is 1.54. The van der Waals surface area contributed by atoms with Crippen LogP contribution in [-0.2, 0) is 0 Å². The number of hydrogen-bond acceptors (Lipinski definition) is 3. The Kier molecular flexibility index (Phi) is 3.70. The second-order valence-corrected chi connectivity index (χ2v) is 6.40. The maximum atomic E-state index is 6.33. The van der Waals surface area contributed by atoms with Crippen molar-refractivity contribution in [1.82, 2.24) is 4.90 Å². The standard InChI is InChI=1S/C15H22ClN3/c16-13-3-1-4-14(11-13)19-9-7-18(8-10-19)12-15(17)5-2-6-15/h1,3-4,11H,2,5-10,12,17H2. The first-order valence-electron chi connectivity index (χ1n) is 7.16. The zero-order valence-corrected chi connectivity index (χ0v) is 12.1. The number of rotatable bonds is 3. The van der Waals surface area contributed by atoms with E-state index in [1.54, 1.807) is 0 Å². The van der Waals surface area contributed by atoms with E-state index in [4.69, 9.17) is 17.3 Å². The summed E-state index contributed by atoms with van der Waals surface area (Å²) in [5, 5.41) is 0.815. The van der Waals surface area contributed by atoms with Crippen molar-refractivity contribution in [3.63, 3.8) is 0 Å². The molecular weight excluding hydrogens is 258 g/mol. The molecule has 19 heavy (non-hydrogen) atoms. The first-order valence-corrected chi connectivity index (χ1v) is 7.54. The zero-order valence-electron chi connectivity index (χ0n) is 11.3. The van der Waals surface area contributed by atoms with Crippen molar-refractivity contribution in [1.29, 1.82) is 0 Å². The molecule has 3 rings (SSSR count). The third-order valence-electron chi connectivity index (χ3n) is 4.43. The van der Waals surface area contributed by atoms with Crippen LogP contribution in [0.1, 0.15) is 19.3 Å². The molecule has 2 fully saturated rings. The molecule has 0 spiro atoms. The quantitative estimate of drug-likeness (QED) is 0.922. The summed E-state index contributed by atoms with van der Waals surface area (Å²) in [4.78, 5) is 4.92. The molecule has 4 heteroatoms. The van der Waals surface area contributed by atoms with E-state index in [1.165, 1.54) is 24.9 Å². The van der Waals surface area contributed by atoms with E-state index in [0.29, 0.717) is 0 Å². The lowest BCUT2D eigenvalue weighted by Gasteiger charge is -2.45. The van der Waals surface area contributed by atoms with Gasteiger partial charge in [0.1, 0.15) is 0 Å². The summed E-state index contributed by atoms with van der Waals surface area (Å²) in [6, 6.07) is 8.13. The van der Waals surface area contributed by atoms with Crippen LogP contribution in [0.15, 0.2) is 24.3 Å². The second-order valence-electron chi connectivity index (χ2n) is 5.96. The molecule has 3 nitrogen and oxygen atoms in total. The summed E-state index contributed by atoms with van der Waals surface area (Å²) in [6.07, 6.45) is 3.70. The lowest BCUT2D eigenvalue weighted by atomic mass is 9.77. The summed E-state index contributed by atoms with van der Waals surface area (Å²) < 4.78 is 0. The SMILES string of the molecule is NC1(CN2CCN(c3cccc(Cl)c3)CC2)CCC1. The highest BCUT2D eigenvalue weighted by Gasteiger charge is 2.34. The van der Waals surface area contributed by atoms with Crippen LogP contribution in [0.25, 0.3) is 0 Å². The highest BCUT2D eigenvalue weighted by atomic mass is 35.5. The molecule has 0 unspecified atom stereocenters. The normalized spacial score (nSPS) is 23.2. The van der Waals surface area contributed by atoms with Crippen molar-refractivity contribution >= 4 is 17.3 Å². The van der Waals surface area contributed by atoms with Gasteiger partial charge in [-0.05, 0) is 37.5 Å². The van der Waals surface area contributed by atoms with Crippen LogP contribution >= 0.6 is 11.6 Å². The Morgan fingerprint density at radius 1 is 1.16 bits per heavy atom. The van der Waals surface area contributed by atoms with Gasteiger partial charge in [0, 0.05) is 49.0 Å². The Morgan fingerprint density at radius 2 is 1.89 bits per heavy atom. The molecule has 0 atom stereocenters. The molecule has 0 aromatic heterocycles. The highest BCUT2D eigenvalue weighted by Crippen LogP contribution is 2.30. The van der Waals surface area contributed by atoms with Crippen LogP contribution < -0.4 is 10.6 Å². The lowest BCUT2D eigenvalue weighted by Crippen LogP contribution is -2.58. The average Bonchev–Trinajstić information content (AvgIpc) is 2.38. The van der Waals surface area contributed by atoms with Crippen LogP contribution in [0.3, 0.4) is 0 Å². The Hall–Kier alpha value is -0.770. The van der Waals surface area contributed by atoms with Crippen molar-refractivity contribution < 1.29 is 0 Å². The molecule has 2 N–H and O–H groups in total. The number of nitrogens with two attached hydrogens (primary N) is 1. The lowest BCUT2D eigenvalue weighted by molar-refractivity contribution is 0.139. The number of hydrogen-bond donors (Lipinski definition) is 1. The summed E-state index contributed by atoms with van der Waals surface area (Å²) in [6.45, 7) is 5.40. The maximum absolute atomic E-state index is 6.33. The number of anilines is 1. The van der Waals surface area contributed by atoms with Gasteiger partial charge in [0.15, 0.2) is 0 Å². The van der Waals surface area contributed by atoms with Gasteiger partial charge in [0.05, 0.1) is 0 Å². The molecule has 0 amide bonds. The number of benzene rings is 1. The molecule has 1 aromatic carbocycles. The first-order chi connectivity index (χ1) is 9.15. The fraction of sp³-hybridized carbons (Fsp3) is 0.600. The smallest absolute Gasteiger partial charge is 0.0426 e. The largest absolute Gasteiger partial charge is 0.369 e. The van der Waals surface area contributed by atoms with Gasteiger partial charge in [-0.1, -0.05) is 17.7 Å². The van der Waals surface area contributed by atoms with Crippen molar-refractivity contribution in [2.24, 2.45) is 5.73 Å². The molecule has 104 valence electrons. The van der Waals surface area contributed by atoms with Gasteiger partial charge in [-0.25, -0.2) is 0 Å². The van der Waals surface area contributed by atoms with Gasteiger partial charge in [-0.3, -0.25) is 4.90 Å². The topological polar surface area (TPSA) is 32.5 Å². The van der Waals surface area contributed by atoms with E-state index in [2.05, 4.69) is 15.9 Å². The molecule has 1 heterocycles. The predicted molar refractivity (Wildman–Crippen MR) is 80.9 cm³/mol. The molecule has 1 saturated heterocycles. The zero-order chi connectivity index (χ0) is 13.3. The van der Waals surface area contributed by atoms with Gasteiger partial charge < -0.3 is 10.6 Å². The predicted octanol–water partition coefficient (Wildman–Crippen LogP) is 2.34. The Bertz CT molecular complexity index is 437. The molecule has 1 aromatic rings. The average molecular weight is 280 g/mol. The fourth-order valence-electron chi connectivity index (χ4n) is 3.07. The van der Waals surface area contributed by atoms with Crippen LogP contribution in [-0.4, -0.2) is 43.2 Å². The van der Waals surface area contributed by atoms with Gasteiger partial charge in [0.25, 0.3) is 0 Å². The number of halogens is 1. The fourth-order valence-corrected chi connectivity index (χ4v) is 3.26. The summed E-state index contributed by atoms with van der Waals surface area (Å²) in [5.41, 5.74) is 7.67. The van der Waals surface area contributed by atoms with Gasteiger partial charge in [-0.2, -0.15) is 0 Å². The van der Waals surface area contributed by atoms with Gasteiger partial charge in [-0.15, -0.1) is 0 Å². The molecule has 0 bridgehead atoms. The Labute approximate surface area is 120 Å². The summed E-state index contributed by atoms with van der Waals surface area (Å²) in [5.74, 6) is 0. The van der Waals surface area contributed by atoms with E-state index in [0.717, 1.165) is 37.7 Å². The summed E-state index contributed by atoms with van der Waals surface area (Å²) >= 11 is 6.05. The third kappa shape index (κ3) is 3.04. The van der Waals surface area contributed by atoms with Crippen LogP contribution in [0.4, 0.5) is 5.69 Å². The molecule has 1 saturated carbocycles. The molecule has 0 radical (unpaired) electrons. The maximum Gasteiger partial charge on any atom is 0.0426 e.